The third-order valence-electron chi connectivity index (χ3n) is 4.46. The molecule has 0 saturated carbocycles. The monoisotopic (exact) mass is 412 g/mol. The molecule has 0 atom stereocenters. The van der Waals surface area contributed by atoms with Crippen LogP contribution in [0.1, 0.15) is 31.1 Å². The fourth-order valence-corrected chi connectivity index (χ4v) is 2.94. The van der Waals surface area contributed by atoms with Crippen LogP contribution in [-0.2, 0) is 9.53 Å². The van der Waals surface area contributed by atoms with Crippen molar-refractivity contribution in [3.05, 3.63) is 59.2 Å². The second-order valence-corrected chi connectivity index (χ2v) is 6.31. The van der Waals surface area contributed by atoms with Gasteiger partial charge in [-0.05, 0) is 24.3 Å². The number of benzene rings is 2. The van der Waals surface area contributed by atoms with Crippen LogP contribution in [-0.4, -0.2) is 62.5 Å². The number of carbonyl (C=O) groups is 4. The second-order valence-electron chi connectivity index (χ2n) is 6.31. The summed E-state index contributed by atoms with van der Waals surface area (Å²) >= 11 is 0. The van der Waals surface area contributed by atoms with Crippen molar-refractivity contribution in [2.45, 2.75) is 0 Å². The number of imide groups is 1. The number of rotatable bonds is 8. The van der Waals surface area contributed by atoms with E-state index in [0.717, 1.165) is 4.90 Å². The number of esters is 1. The Hall–Kier alpha value is -3.88. The summed E-state index contributed by atoms with van der Waals surface area (Å²) in [6, 6.07) is 11.1. The summed E-state index contributed by atoms with van der Waals surface area (Å²) in [5.41, 5.74) is 0.912. The van der Waals surface area contributed by atoms with Gasteiger partial charge in [-0.2, -0.15) is 0 Å². The highest BCUT2D eigenvalue weighted by molar-refractivity contribution is 6.21. The molecule has 1 heterocycles. The molecule has 0 aromatic heterocycles. The molecule has 0 aliphatic carbocycles. The smallest absolute Gasteiger partial charge is 0.325 e. The van der Waals surface area contributed by atoms with Crippen molar-refractivity contribution in [2.75, 3.05) is 33.9 Å². The number of ether oxygens (including phenoxy) is 3. The van der Waals surface area contributed by atoms with Crippen LogP contribution in [0, 0.1) is 0 Å². The second kappa shape index (κ2) is 9.08. The van der Waals surface area contributed by atoms with Crippen molar-refractivity contribution < 1.29 is 33.4 Å². The number of hydrogen-bond acceptors (Lipinski definition) is 7. The molecular formula is C21H20N2O7. The molecule has 0 spiro atoms. The van der Waals surface area contributed by atoms with E-state index in [2.05, 4.69) is 5.32 Å². The maximum atomic E-state index is 12.3. The van der Waals surface area contributed by atoms with Crippen LogP contribution in [0.25, 0.3) is 0 Å². The molecule has 0 fully saturated rings. The normalized spacial score (nSPS) is 12.4. The summed E-state index contributed by atoms with van der Waals surface area (Å²) < 4.78 is 15.2. The standard InChI is InChI=1S/C21H20N2O7/c1-28-14-9-13(10-15(11-14)29-2)19(25)22-12-18(24)30-8-7-23-20(26)16-5-3-4-6-17(16)21(23)27/h3-6,9-11H,7-8,12H2,1-2H3,(H,22,25). The van der Waals surface area contributed by atoms with Gasteiger partial charge in [0.2, 0.25) is 0 Å². The number of nitrogens with zero attached hydrogens (tertiary/aromatic N) is 1. The fraction of sp³-hybridized carbons (Fsp3) is 0.238. The van der Waals surface area contributed by atoms with Crippen molar-refractivity contribution in [3.63, 3.8) is 0 Å². The van der Waals surface area contributed by atoms with E-state index in [9.17, 15) is 19.2 Å². The third-order valence-corrected chi connectivity index (χ3v) is 4.46. The lowest BCUT2D eigenvalue weighted by atomic mass is 10.1. The molecule has 3 rings (SSSR count). The summed E-state index contributed by atoms with van der Waals surface area (Å²) in [7, 11) is 2.92. The first-order valence-corrected chi connectivity index (χ1v) is 9.06. The summed E-state index contributed by atoms with van der Waals surface area (Å²) in [5.74, 6) is -1.19. The summed E-state index contributed by atoms with van der Waals surface area (Å²) in [5, 5.41) is 2.44. The Kier molecular flexibility index (Phi) is 6.31. The van der Waals surface area contributed by atoms with E-state index in [-0.39, 0.29) is 25.3 Å². The zero-order chi connectivity index (χ0) is 21.7. The van der Waals surface area contributed by atoms with E-state index in [4.69, 9.17) is 14.2 Å². The molecule has 9 nitrogen and oxygen atoms in total. The molecule has 2 aromatic carbocycles. The molecule has 1 N–H and O–H groups in total. The lowest BCUT2D eigenvalue weighted by Crippen LogP contribution is -2.35. The van der Waals surface area contributed by atoms with Crippen molar-refractivity contribution in [1.29, 1.82) is 0 Å². The first kappa shape index (κ1) is 20.8. The van der Waals surface area contributed by atoms with Gasteiger partial charge in [0.05, 0.1) is 31.9 Å². The lowest BCUT2D eigenvalue weighted by molar-refractivity contribution is -0.142. The number of carbonyl (C=O) groups excluding carboxylic acids is 4. The van der Waals surface area contributed by atoms with Gasteiger partial charge < -0.3 is 19.5 Å². The van der Waals surface area contributed by atoms with E-state index < -0.39 is 23.7 Å². The first-order valence-electron chi connectivity index (χ1n) is 9.06. The number of nitrogens with one attached hydrogen (secondary N) is 1. The Morgan fingerprint density at radius 1 is 0.933 bits per heavy atom. The Balaban J connectivity index is 1.47. The zero-order valence-corrected chi connectivity index (χ0v) is 16.5. The van der Waals surface area contributed by atoms with Gasteiger partial charge in [0.15, 0.2) is 0 Å². The minimum Gasteiger partial charge on any atom is -0.497 e. The van der Waals surface area contributed by atoms with E-state index >= 15 is 0 Å². The minimum absolute atomic E-state index is 0.0703. The topological polar surface area (TPSA) is 111 Å². The van der Waals surface area contributed by atoms with E-state index in [1.54, 1.807) is 30.3 Å². The Morgan fingerprint density at radius 2 is 1.50 bits per heavy atom. The molecule has 30 heavy (non-hydrogen) atoms. The van der Waals surface area contributed by atoms with E-state index in [1.165, 1.54) is 26.4 Å². The van der Waals surface area contributed by atoms with Crippen molar-refractivity contribution >= 4 is 23.7 Å². The zero-order valence-electron chi connectivity index (χ0n) is 16.5. The largest absolute Gasteiger partial charge is 0.497 e. The average molecular weight is 412 g/mol. The number of fused-ring (bicyclic) bond motifs is 1. The van der Waals surface area contributed by atoms with Crippen LogP contribution in [0.2, 0.25) is 0 Å². The predicted molar refractivity (Wildman–Crippen MR) is 105 cm³/mol. The van der Waals surface area contributed by atoms with Crippen LogP contribution < -0.4 is 14.8 Å². The van der Waals surface area contributed by atoms with Gasteiger partial charge in [0.25, 0.3) is 17.7 Å². The molecule has 0 bridgehead atoms. The van der Waals surface area contributed by atoms with Crippen molar-refractivity contribution in [2.24, 2.45) is 0 Å². The highest BCUT2D eigenvalue weighted by Gasteiger charge is 2.34. The first-order chi connectivity index (χ1) is 14.4. The molecule has 0 unspecified atom stereocenters. The van der Waals surface area contributed by atoms with Crippen LogP contribution in [0.3, 0.4) is 0 Å². The van der Waals surface area contributed by atoms with Crippen molar-refractivity contribution in [1.82, 2.24) is 10.2 Å². The summed E-state index contributed by atoms with van der Waals surface area (Å²) in [4.78, 5) is 49.7. The molecule has 0 saturated heterocycles. The van der Waals surface area contributed by atoms with Crippen LogP contribution in [0.5, 0.6) is 11.5 Å². The SMILES string of the molecule is COc1cc(OC)cc(C(=O)NCC(=O)OCCN2C(=O)c3ccccc3C2=O)c1. The summed E-state index contributed by atoms with van der Waals surface area (Å²) in [6.45, 7) is -0.618. The highest BCUT2D eigenvalue weighted by atomic mass is 16.5. The molecule has 1 aliphatic rings. The van der Waals surface area contributed by atoms with Gasteiger partial charge in [0, 0.05) is 11.6 Å². The molecule has 1 aliphatic heterocycles. The highest BCUT2D eigenvalue weighted by Crippen LogP contribution is 2.23. The predicted octanol–water partition coefficient (Wildman–Crippen LogP) is 1.27. The van der Waals surface area contributed by atoms with Crippen LogP contribution >= 0.6 is 0 Å². The van der Waals surface area contributed by atoms with Gasteiger partial charge >= 0.3 is 5.97 Å². The van der Waals surface area contributed by atoms with Crippen LogP contribution in [0.4, 0.5) is 0 Å². The van der Waals surface area contributed by atoms with Gasteiger partial charge in [-0.1, -0.05) is 12.1 Å². The Labute approximate surface area is 172 Å². The maximum absolute atomic E-state index is 12.3. The quantitative estimate of drug-likeness (QED) is 0.513. The Morgan fingerprint density at radius 3 is 2.03 bits per heavy atom. The number of methoxy groups -OCH3 is 2. The van der Waals surface area contributed by atoms with E-state index in [0.29, 0.717) is 22.6 Å². The molecule has 0 radical (unpaired) electrons. The molecular weight excluding hydrogens is 392 g/mol. The Bertz CT molecular complexity index is 945. The van der Waals surface area contributed by atoms with Gasteiger partial charge in [-0.25, -0.2) is 0 Å². The third kappa shape index (κ3) is 4.40. The fourth-order valence-electron chi connectivity index (χ4n) is 2.94. The molecule has 156 valence electrons. The van der Waals surface area contributed by atoms with E-state index in [1.807, 2.05) is 0 Å². The molecule has 9 heteroatoms. The molecule has 3 amide bonds. The maximum Gasteiger partial charge on any atom is 0.325 e. The lowest BCUT2D eigenvalue weighted by Gasteiger charge is -2.14. The van der Waals surface area contributed by atoms with Gasteiger partial charge in [-0.3, -0.25) is 24.1 Å². The summed E-state index contributed by atoms with van der Waals surface area (Å²) in [6.07, 6.45) is 0. The van der Waals surface area contributed by atoms with Gasteiger partial charge in [-0.15, -0.1) is 0 Å². The average Bonchev–Trinajstić information content (AvgIpc) is 3.02. The van der Waals surface area contributed by atoms with Crippen LogP contribution in [0.15, 0.2) is 42.5 Å². The molecule has 2 aromatic rings. The minimum atomic E-state index is -0.699. The van der Waals surface area contributed by atoms with Gasteiger partial charge in [0.1, 0.15) is 24.7 Å². The van der Waals surface area contributed by atoms with Crippen molar-refractivity contribution in [3.8, 4) is 11.5 Å². The number of amides is 3. The number of hydrogen-bond donors (Lipinski definition) is 1.